The molecular weight excluding hydrogens is 347 g/mol. The topological polar surface area (TPSA) is 50.9 Å². The molecule has 0 unspecified atom stereocenters. The Bertz CT molecular complexity index is 828. The largest absolute Gasteiger partial charge is 0.416 e. The van der Waals surface area contributed by atoms with E-state index >= 15 is 0 Å². The maximum Gasteiger partial charge on any atom is 0.416 e. The first-order valence-electron chi connectivity index (χ1n) is 7.67. The summed E-state index contributed by atoms with van der Waals surface area (Å²) in [6.45, 7) is 4.00. The van der Waals surface area contributed by atoms with Gasteiger partial charge in [-0.05, 0) is 30.3 Å². The van der Waals surface area contributed by atoms with Gasteiger partial charge in [0.05, 0.1) is 11.3 Å². The van der Waals surface area contributed by atoms with Crippen molar-refractivity contribution in [1.82, 2.24) is 4.98 Å². The van der Waals surface area contributed by atoms with Gasteiger partial charge in [-0.1, -0.05) is 32.0 Å². The van der Waals surface area contributed by atoms with Gasteiger partial charge >= 0.3 is 6.18 Å². The van der Waals surface area contributed by atoms with Crippen LogP contribution in [-0.2, 0) is 6.18 Å². The second kappa shape index (κ2) is 8.02. The molecule has 3 aromatic rings. The lowest BCUT2D eigenvalue weighted by Crippen LogP contribution is -2.05. The number of halogens is 3. The predicted molar refractivity (Wildman–Crippen MR) is 98.0 cm³/mol. The zero-order valence-electron chi connectivity index (χ0n) is 13.8. The van der Waals surface area contributed by atoms with Crippen LogP contribution in [0.4, 0.5) is 29.7 Å². The summed E-state index contributed by atoms with van der Waals surface area (Å²) < 4.78 is 38.2. The second-order valence-electron chi connectivity index (χ2n) is 4.87. The Labute approximate surface area is 148 Å². The van der Waals surface area contributed by atoms with Crippen molar-refractivity contribution in [2.45, 2.75) is 20.0 Å². The third kappa shape index (κ3) is 4.96. The highest BCUT2D eigenvalue weighted by atomic mass is 32.1. The van der Waals surface area contributed by atoms with Crippen molar-refractivity contribution in [1.29, 1.82) is 0 Å². The van der Waals surface area contributed by atoms with Gasteiger partial charge in [0.1, 0.15) is 0 Å². The zero-order valence-corrected chi connectivity index (χ0v) is 14.6. The van der Waals surface area contributed by atoms with Crippen molar-refractivity contribution >= 4 is 27.8 Å². The molecule has 0 aliphatic carbocycles. The number of nitrogen functional groups attached to an aromatic ring is 1. The van der Waals surface area contributed by atoms with Crippen LogP contribution in [-0.4, -0.2) is 4.98 Å². The van der Waals surface area contributed by atoms with E-state index in [0.717, 1.165) is 23.4 Å². The van der Waals surface area contributed by atoms with Gasteiger partial charge in [0, 0.05) is 22.3 Å². The first-order chi connectivity index (χ1) is 11.9. The first-order valence-corrected chi connectivity index (χ1v) is 8.55. The highest BCUT2D eigenvalue weighted by Gasteiger charge is 2.30. The SMILES string of the molecule is CC.Nc1cccc(-c2csc(Nc3cccc(C(F)(F)F)c3)n2)c1. The minimum absolute atomic E-state index is 0.341. The lowest BCUT2D eigenvalue weighted by Gasteiger charge is -2.08. The summed E-state index contributed by atoms with van der Waals surface area (Å²) in [5, 5.41) is 5.24. The number of aromatic nitrogens is 1. The van der Waals surface area contributed by atoms with Crippen LogP contribution in [0.1, 0.15) is 19.4 Å². The Morgan fingerprint density at radius 3 is 2.44 bits per heavy atom. The van der Waals surface area contributed by atoms with Crippen molar-refractivity contribution in [2.24, 2.45) is 0 Å². The zero-order chi connectivity index (χ0) is 18.4. The summed E-state index contributed by atoms with van der Waals surface area (Å²) in [7, 11) is 0. The van der Waals surface area contributed by atoms with Crippen LogP contribution in [0.5, 0.6) is 0 Å². The van der Waals surface area contributed by atoms with Crippen LogP contribution in [0.3, 0.4) is 0 Å². The fourth-order valence-electron chi connectivity index (χ4n) is 2.06. The summed E-state index contributed by atoms with van der Waals surface area (Å²) in [6, 6.07) is 12.3. The Hall–Kier alpha value is -2.54. The molecule has 7 heteroatoms. The van der Waals surface area contributed by atoms with E-state index in [2.05, 4.69) is 10.3 Å². The average molecular weight is 365 g/mol. The molecule has 2 aromatic carbocycles. The first kappa shape index (κ1) is 18.8. The number of nitrogens with two attached hydrogens (primary N) is 1. The number of alkyl halides is 3. The molecule has 0 spiro atoms. The molecule has 0 bridgehead atoms. The number of nitrogens with zero attached hydrogens (tertiary/aromatic N) is 1. The van der Waals surface area contributed by atoms with Gasteiger partial charge in [-0.2, -0.15) is 13.2 Å². The van der Waals surface area contributed by atoms with Crippen molar-refractivity contribution in [3.63, 3.8) is 0 Å². The van der Waals surface area contributed by atoms with Crippen LogP contribution in [0, 0.1) is 0 Å². The fourth-order valence-corrected chi connectivity index (χ4v) is 2.80. The Morgan fingerprint density at radius 1 is 1.04 bits per heavy atom. The molecule has 0 fully saturated rings. The average Bonchev–Trinajstić information content (AvgIpc) is 3.05. The van der Waals surface area contributed by atoms with Gasteiger partial charge in [-0.15, -0.1) is 11.3 Å². The van der Waals surface area contributed by atoms with E-state index in [4.69, 9.17) is 5.73 Å². The molecule has 3 rings (SSSR count). The summed E-state index contributed by atoms with van der Waals surface area (Å²) in [5.74, 6) is 0. The number of nitrogens with one attached hydrogen (secondary N) is 1. The molecule has 25 heavy (non-hydrogen) atoms. The van der Waals surface area contributed by atoms with Crippen molar-refractivity contribution in [2.75, 3.05) is 11.1 Å². The molecule has 0 atom stereocenters. The van der Waals surface area contributed by atoms with Gasteiger partial charge in [-0.25, -0.2) is 4.98 Å². The highest BCUT2D eigenvalue weighted by molar-refractivity contribution is 7.14. The third-order valence-electron chi connectivity index (χ3n) is 3.13. The van der Waals surface area contributed by atoms with E-state index < -0.39 is 11.7 Å². The summed E-state index contributed by atoms with van der Waals surface area (Å²) in [4.78, 5) is 4.38. The minimum Gasteiger partial charge on any atom is -0.399 e. The monoisotopic (exact) mass is 365 g/mol. The van der Waals surface area contributed by atoms with E-state index in [1.807, 2.05) is 31.4 Å². The lowest BCUT2D eigenvalue weighted by molar-refractivity contribution is -0.137. The standard InChI is InChI=1S/C16H12F3N3S.C2H6/c17-16(18,19)11-4-2-6-13(8-11)21-15-22-14(9-23-15)10-3-1-5-12(20)7-10;1-2/h1-9H,20H2,(H,21,22);1-2H3. The number of hydrogen-bond acceptors (Lipinski definition) is 4. The van der Waals surface area contributed by atoms with Crippen molar-refractivity contribution in [3.8, 4) is 11.3 Å². The van der Waals surface area contributed by atoms with Crippen LogP contribution in [0.15, 0.2) is 53.9 Å². The molecule has 0 saturated heterocycles. The third-order valence-corrected chi connectivity index (χ3v) is 3.89. The molecule has 3 N–H and O–H groups in total. The highest BCUT2D eigenvalue weighted by Crippen LogP contribution is 2.32. The number of benzene rings is 2. The number of rotatable bonds is 3. The van der Waals surface area contributed by atoms with E-state index in [0.29, 0.717) is 16.5 Å². The predicted octanol–water partition coefficient (Wildman–Crippen LogP) is 6.18. The molecule has 3 nitrogen and oxygen atoms in total. The number of thiazole rings is 1. The summed E-state index contributed by atoms with van der Waals surface area (Å²) in [5.41, 5.74) is 7.59. The summed E-state index contributed by atoms with van der Waals surface area (Å²) in [6.07, 6.45) is -4.37. The maximum atomic E-state index is 12.7. The van der Waals surface area contributed by atoms with Gasteiger partial charge in [-0.3, -0.25) is 0 Å². The Morgan fingerprint density at radius 2 is 1.76 bits per heavy atom. The van der Waals surface area contributed by atoms with E-state index in [9.17, 15) is 13.2 Å². The van der Waals surface area contributed by atoms with Gasteiger partial charge in [0.15, 0.2) is 5.13 Å². The number of anilines is 3. The lowest BCUT2D eigenvalue weighted by atomic mass is 10.1. The van der Waals surface area contributed by atoms with E-state index in [1.54, 1.807) is 18.2 Å². The van der Waals surface area contributed by atoms with E-state index in [1.165, 1.54) is 17.4 Å². The molecule has 1 heterocycles. The van der Waals surface area contributed by atoms with Gasteiger partial charge in [0.2, 0.25) is 0 Å². The van der Waals surface area contributed by atoms with Gasteiger partial charge in [0.25, 0.3) is 0 Å². The van der Waals surface area contributed by atoms with E-state index in [-0.39, 0.29) is 0 Å². The number of hydrogen-bond donors (Lipinski definition) is 2. The summed E-state index contributed by atoms with van der Waals surface area (Å²) >= 11 is 1.31. The van der Waals surface area contributed by atoms with Crippen molar-refractivity contribution in [3.05, 3.63) is 59.5 Å². The Balaban J connectivity index is 0.00000109. The second-order valence-corrected chi connectivity index (χ2v) is 5.73. The molecule has 1 aromatic heterocycles. The molecule has 0 amide bonds. The van der Waals surface area contributed by atoms with Gasteiger partial charge < -0.3 is 11.1 Å². The Kier molecular flexibility index (Phi) is 6.03. The van der Waals surface area contributed by atoms with Crippen LogP contribution in [0.25, 0.3) is 11.3 Å². The quantitative estimate of drug-likeness (QED) is 0.545. The van der Waals surface area contributed by atoms with Crippen LogP contribution < -0.4 is 11.1 Å². The smallest absolute Gasteiger partial charge is 0.399 e. The molecule has 0 aliphatic heterocycles. The maximum absolute atomic E-state index is 12.7. The normalized spacial score (nSPS) is 10.8. The van der Waals surface area contributed by atoms with Crippen molar-refractivity contribution < 1.29 is 13.2 Å². The molecular formula is C18H18F3N3S. The molecule has 132 valence electrons. The van der Waals surface area contributed by atoms with Crippen LogP contribution in [0.2, 0.25) is 0 Å². The van der Waals surface area contributed by atoms with Crippen LogP contribution >= 0.6 is 11.3 Å². The fraction of sp³-hybridized carbons (Fsp3) is 0.167. The minimum atomic E-state index is -4.37. The molecule has 0 aliphatic rings. The molecule has 0 radical (unpaired) electrons. The molecule has 0 saturated carbocycles.